The van der Waals surface area contributed by atoms with Crippen molar-refractivity contribution in [2.75, 3.05) is 12.3 Å². The van der Waals surface area contributed by atoms with Crippen LogP contribution in [0.3, 0.4) is 0 Å². The second kappa shape index (κ2) is 6.64. The van der Waals surface area contributed by atoms with Gasteiger partial charge in [-0.05, 0) is 49.4 Å². The van der Waals surface area contributed by atoms with Crippen LogP contribution in [-0.2, 0) is 10.9 Å². The van der Waals surface area contributed by atoms with Gasteiger partial charge in [-0.1, -0.05) is 0 Å². The highest BCUT2D eigenvalue weighted by Crippen LogP contribution is 2.34. The van der Waals surface area contributed by atoms with Crippen LogP contribution in [0.4, 0.5) is 18.9 Å². The third kappa shape index (κ3) is 4.09. The molecule has 0 amide bonds. The maximum absolute atomic E-state index is 12.8. The minimum Gasteiger partial charge on any atom is -0.398 e. The number of hydrogen-bond donors (Lipinski definition) is 3. The standard InChI is InChI=1S/C14H20F3N3O/c15-14(16,17)9-3-5-12(18)11(8-9)13(20-19)6-4-10-2-1-7-21-10/h3,5,8,10,13,20H,1-2,4,6-7,18-19H2. The van der Waals surface area contributed by atoms with Crippen molar-refractivity contribution < 1.29 is 17.9 Å². The zero-order chi connectivity index (χ0) is 15.5. The summed E-state index contributed by atoms with van der Waals surface area (Å²) in [5, 5.41) is 0. The van der Waals surface area contributed by atoms with Gasteiger partial charge >= 0.3 is 6.18 Å². The zero-order valence-corrected chi connectivity index (χ0v) is 11.6. The van der Waals surface area contributed by atoms with E-state index in [1.165, 1.54) is 6.07 Å². The molecule has 1 aromatic carbocycles. The highest BCUT2D eigenvalue weighted by atomic mass is 19.4. The molecule has 0 radical (unpaired) electrons. The Bertz CT molecular complexity index is 473. The van der Waals surface area contributed by atoms with E-state index in [4.69, 9.17) is 16.3 Å². The second-order valence-electron chi connectivity index (χ2n) is 5.27. The Morgan fingerprint density at radius 1 is 1.38 bits per heavy atom. The lowest BCUT2D eigenvalue weighted by Gasteiger charge is -2.21. The Morgan fingerprint density at radius 3 is 2.71 bits per heavy atom. The van der Waals surface area contributed by atoms with Crippen LogP contribution < -0.4 is 17.0 Å². The van der Waals surface area contributed by atoms with Crippen LogP contribution in [0.1, 0.15) is 42.9 Å². The van der Waals surface area contributed by atoms with Crippen molar-refractivity contribution >= 4 is 5.69 Å². The first-order valence-electron chi connectivity index (χ1n) is 6.96. The number of nitrogens with one attached hydrogen (secondary N) is 1. The summed E-state index contributed by atoms with van der Waals surface area (Å²) in [7, 11) is 0. The van der Waals surface area contributed by atoms with E-state index in [0.29, 0.717) is 17.7 Å². The van der Waals surface area contributed by atoms with E-state index in [1.807, 2.05) is 0 Å². The van der Waals surface area contributed by atoms with E-state index < -0.39 is 17.8 Å². The van der Waals surface area contributed by atoms with Crippen molar-refractivity contribution in [2.45, 2.75) is 44.0 Å². The van der Waals surface area contributed by atoms with Crippen molar-refractivity contribution in [1.82, 2.24) is 5.43 Å². The zero-order valence-electron chi connectivity index (χ0n) is 11.6. The van der Waals surface area contributed by atoms with Gasteiger partial charge in [-0.3, -0.25) is 11.3 Å². The Labute approximate surface area is 121 Å². The van der Waals surface area contributed by atoms with E-state index in [9.17, 15) is 13.2 Å². The van der Waals surface area contributed by atoms with E-state index in [1.54, 1.807) is 0 Å². The first-order valence-corrected chi connectivity index (χ1v) is 6.96. The number of alkyl halides is 3. The first-order chi connectivity index (χ1) is 9.91. The molecule has 0 aliphatic carbocycles. The summed E-state index contributed by atoms with van der Waals surface area (Å²) >= 11 is 0. The molecule has 0 saturated carbocycles. The van der Waals surface area contributed by atoms with E-state index >= 15 is 0 Å². The number of hydrogen-bond acceptors (Lipinski definition) is 4. The Hall–Kier alpha value is -1.31. The number of hydrazine groups is 1. The lowest BCUT2D eigenvalue weighted by atomic mass is 9.96. The molecule has 0 bridgehead atoms. The molecule has 21 heavy (non-hydrogen) atoms. The number of anilines is 1. The second-order valence-corrected chi connectivity index (χ2v) is 5.27. The fourth-order valence-corrected chi connectivity index (χ4v) is 2.61. The summed E-state index contributed by atoms with van der Waals surface area (Å²) in [6, 6.07) is 2.90. The van der Waals surface area contributed by atoms with Crippen molar-refractivity contribution in [3.8, 4) is 0 Å². The average Bonchev–Trinajstić information content (AvgIpc) is 2.93. The molecule has 4 nitrogen and oxygen atoms in total. The van der Waals surface area contributed by atoms with Crippen molar-refractivity contribution in [3.63, 3.8) is 0 Å². The van der Waals surface area contributed by atoms with Gasteiger partial charge in [-0.15, -0.1) is 0 Å². The van der Waals surface area contributed by atoms with Crippen LogP contribution in [0.15, 0.2) is 18.2 Å². The molecule has 5 N–H and O–H groups in total. The summed E-state index contributed by atoms with van der Waals surface area (Å²) in [5.74, 6) is 5.49. The van der Waals surface area contributed by atoms with Gasteiger partial charge in [0.1, 0.15) is 0 Å². The molecule has 1 aliphatic heterocycles. The summed E-state index contributed by atoms with van der Waals surface area (Å²) in [6.07, 6.45) is -0.910. The van der Waals surface area contributed by atoms with Gasteiger partial charge in [0.05, 0.1) is 11.7 Å². The summed E-state index contributed by atoms with van der Waals surface area (Å²) in [5.41, 5.74) is 8.32. The molecule has 0 aromatic heterocycles. The van der Waals surface area contributed by atoms with Crippen LogP contribution in [-0.4, -0.2) is 12.7 Å². The lowest BCUT2D eigenvalue weighted by Crippen LogP contribution is -2.29. The van der Waals surface area contributed by atoms with Crippen molar-refractivity contribution in [1.29, 1.82) is 0 Å². The van der Waals surface area contributed by atoms with Gasteiger partial charge in [0.2, 0.25) is 0 Å². The summed E-state index contributed by atoms with van der Waals surface area (Å²) in [4.78, 5) is 0. The molecule has 2 rings (SSSR count). The minimum absolute atomic E-state index is 0.160. The molecule has 7 heteroatoms. The summed E-state index contributed by atoms with van der Waals surface area (Å²) in [6.45, 7) is 0.747. The number of benzene rings is 1. The molecule has 2 atom stereocenters. The number of nitrogens with two attached hydrogens (primary N) is 2. The van der Waals surface area contributed by atoms with Crippen LogP contribution >= 0.6 is 0 Å². The maximum Gasteiger partial charge on any atom is 0.416 e. The van der Waals surface area contributed by atoms with Gasteiger partial charge < -0.3 is 10.5 Å². The van der Waals surface area contributed by atoms with Gasteiger partial charge in [0.15, 0.2) is 0 Å². The van der Waals surface area contributed by atoms with E-state index in [2.05, 4.69) is 5.43 Å². The molecule has 1 heterocycles. The number of nitrogen functional groups attached to an aromatic ring is 1. The minimum atomic E-state index is -4.39. The number of rotatable bonds is 5. The van der Waals surface area contributed by atoms with Crippen molar-refractivity contribution in [3.05, 3.63) is 29.3 Å². The van der Waals surface area contributed by atoms with Crippen LogP contribution in [0, 0.1) is 0 Å². The van der Waals surface area contributed by atoms with Gasteiger partial charge in [0.25, 0.3) is 0 Å². The molecule has 1 fully saturated rings. The molecule has 1 aromatic rings. The van der Waals surface area contributed by atoms with Crippen LogP contribution in [0.5, 0.6) is 0 Å². The molecular formula is C14H20F3N3O. The molecule has 2 unspecified atom stereocenters. The molecule has 1 saturated heterocycles. The fraction of sp³-hybridized carbons (Fsp3) is 0.571. The third-order valence-corrected chi connectivity index (χ3v) is 3.79. The predicted octanol–water partition coefficient (Wildman–Crippen LogP) is 2.75. The van der Waals surface area contributed by atoms with Crippen LogP contribution in [0.25, 0.3) is 0 Å². The molecule has 0 spiro atoms. The van der Waals surface area contributed by atoms with E-state index in [-0.39, 0.29) is 6.10 Å². The Morgan fingerprint density at radius 2 is 2.14 bits per heavy atom. The highest BCUT2D eigenvalue weighted by molar-refractivity contribution is 5.50. The molecule has 1 aliphatic rings. The average molecular weight is 303 g/mol. The van der Waals surface area contributed by atoms with Crippen LogP contribution in [0.2, 0.25) is 0 Å². The fourth-order valence-electron chi connectivity index (χ4n) is 2.61. The smallest absolute Gasteiger partial charge is 0.398 e. The van der Waals surface area contributed by atoms with Gasteiger partial charge in [-0.2, -0.15) is 13.2 Å². The predicted molar refractivity (Wildman–Crippen MR) is 74.1 cm³/mol. The third-order valence-electron chi connectivity index (χ3n) is 3.79. The lowest BCUT2D eigenvalue weighted by molar-refractivity contribution is -0.137. The van der Waals surface area contributed by atoms with Gasteiger partial charge in [0, 0.05) is 18.3 Å². The van der Waals surface area contributed by atoms with Crippen molar-refractivity contribution in [2.24, 2.45) is 5.84 Å². The monoisotopic (exact) mass is 303 g/mol. The SMILES string of the molecule is NNC(CCC1CCCO1)c1cc(C(F)(F)F)ccc1N. The number of ether oxygens (including phenoxy) is 1. The van der Waals surface area contributed by atoms with Gasteiger partial charge in [-0.25, -0.2) is 0 Å². The Kier molecular flexibility index (Phi) is 5.08. The molecule has 118 valence electrons. The number of halogens is 3. The largest absolute Gasteiger partial charge is 0.416 e. The Balaban J connectivity index is 2.12. The maximum atomic E-state index is 12.8. The summed E-state index contributed by atoms with van der Waals surface area (Å²) < 4.78 is 43.9. The first kappa shape index (κ1) is 16.1. The quantitative estimate of drug-likeness (QED) is 0.444. The highest BCUT2D eigenvalue weighted by Gasteiger charge is 2.31. The topological polar surface area (TPSA) is 73.3 Å². The van der Waals surface area contributed by atoms with E-state index in [0.717, 1.165) is 38.0 Å². The molecular weight excluding hydrogens is 283 g/mol. The normalized spacial score (nSPS) is 20.7.